The zero-order valence-corrected chi connectivity index (χ0v) is 12.5. The molecule has 2 atom stereocenters. The number of hydrogen-bond donors (Lipinski definition) is 1. The highest BCUT2D eigenvalue weighted by Gasteiger charge is 2.58. The summed E-state index contributed by atoms with van der Waals surface area (Å²) in [6.45, 7) is 6.34. The van der Waals surface area contributed by atoms with Crippen LogP contribution in [0.3, 0.4) is 0 Å². The zero-order valence-electron chi connectivity index (χ0n) is 12.5. The van der Waals surface area contributed by atoms with Crippen molar-refractivity contribution in [3.8, 4) is 0 Å². The van der Waals surface area contributed by atoms with Gasteiger partial charge in [0.2, 0.25) is 0 Å². The highest BCUT2D eigenvalue weighted by Crippen LogP contribution is 2.51. The first-order valence-corrected chi connectivity index (χ1v) is 7.19. The van der Waals surface area contributed by atoms with Crippen molar-refractivity contribution >= 4 is 5.91 Å². The third-order valence-electron chi connectivity index (χ3n) is 5.39. The lowest BCUT2D eigenvalue weighted by atomic mass is 9.56. The fraction of sp³-hybridized carbons (Fsp3) is 0.733. The van der Waals surface area contributed by atoms with E-state index in [0.717, 1.165) is 25.0 Å². The highest BCUT2D eigenvalue weighted by atomic mass is 16.5. The first-order chi connectivity index (χ1) is 9.39. The molecule has 0 spiro atoms. The van der Waals surface area contributed by atoms with Gasteiger partial charge in [0.05, 0.1) is 11.3 Å². The van der Waals surface area contributed by atoms with E-state index in [4.69, 9.17) is 9.26 Å². The number of carbonyl (C=O) groups is 1. The van der Waals surface area contributed by atoms with Crippen LogP contribution < -0.4 is 5.32 Å². The molecule has 110 valence electrons. The molecule has 2 aliphatic carbocycles. The van der Waals surface area contributed by atoms with Crippen molar-refractivity contribution in [3.05, 3.63) is 17.5 Å². The van der Waals surface area contributed by atoms with Crippen LogP contribution in [-0.4, -0.2) is 29.8 Å². The molecule has 20 heavy (non-hydrogen) atoms. The predicted molar refractivity (Wildman–Crippen MR) is 73.5 cm³/mol. The normalized spacial score (nSPS) is 31.7. The van der Waals surface area contributed by atoms with E-state index in [1.165, 1.54) is 6.26 Å². The van der Waals surface area contributed by atoms with E-state index in [0.29, 0.717) is 11.5 Å². The maximum atomic E-state index is 12.4. The van der Waals surface area contributed by atoms with E-state index in [9.17, 15) is 4.79 Å². The van der Waals surface area contributed by atoms with Crippen LogP contribution in [-0.2, 0) is 4.74 Å². The van der Waals surface area contributed by atoms with E-state index in [-0.39, 0.29) is 23.0 Å². The van der Waals surface area contributed by atoms with E-state index in [1.807, 2.05) is 0 Å². The lowest BCUT2D eigenvalue weighted by Gasteiger charge is -2.59. The van der Waals surface area contributed by atoms with Gasteiger partial charge in [0.1, 0.15) is 11.8 Å². The van der Waals surface area contributed by atoms with Crippen molar-refractivity contribution in [2.24, 2.45) is 5.41 Å². The Morgan fingerprint density at radius 3 is 2.70 bits per heavy atom. The summed E-state index contributed by atoms with van der Waals surface area (Å²) in [5, 5.41) is 7.07. The zero-order chi connectivity index (χ0) is 14.5. The number of nitrogens with zero attached hydrogens (tertiary/aromatic N) is 1. The second kappa shape index (κ2) is 4.32. The van der Waals surface area contributed by atoms with Gasteiger partial charge in [-0.3, -0.25) is 4.79 Å². The molecule has 0 aliphatic heterocycles. The van der Waals surface area contributed by atoms with Crippen LogP contribution >= 0.6 is 0 Å². The van der Waals surface area contributed by atoms with Gasteiger partial charge in [0.15, 0.2) is 0 Å². The standard InChI is InChI=1S/C15H22N2O3/c1-14(2)11(7-15(14,3)19-4)16-13(18)10-8-20-17-12(10)9-5-6-9/h8-9,11H,5-7H2,1-4H3,(H,16,18). The van der Waals surface area contributed by atoms with Crippen LogP contribution in [0.1, 0.15) is 62.0 Å². The van der Waals surface area contributed by atoms with Crippen molar-refractivity contribution in [1.29, 1.82) is 0 Å². The summed E-state index contributed by atoms with van der Waals surface area (Å²) < 4.78 is 10.6. The lowest BCUT2D eigenvalue weighted by Crippen LogP contribution is -2.68. The van der Waals surface area contributed by atoms with Crippen molar-refractivity contribution in [3.63, 3.8) is 0 Å². The average Bonchev–Trinajstić information content (AvgIpc) is 3.14. The minimum atomic E-state index is -0.182. The fourth-order valence-corrected chi connectivity index (χ4v) is 3.03. The van der Waals surface area contributed by atoms with Crippen molar-refractivity contribution in [2.75, 3.05) is 7.11 Å². The molecular weight excluding hydrogens is 256 g/mol. The van der Waals surface area contributed by atoms with Gasteiger partial charge in [0.25, 0.3) is 5.91 Å². The Bertz CT molecular complexity index is 533. The number of nitrogens with one attached hydrogen (secondary N) is 1. The second-order valence-corrected chi connectivity index (χ2v) is 6.77. The molecule has 0 aromatic carbocycles. The van der Waals surface area contributed by atoms with Gasteiger partial charge in [-0.25, -0.2) is 0 Å². The number of hydrogen-bond acceptors (Lipinski definition) is 4. The molecule has 2 fully saturated rings. The molecule has 1 aromatic rings. The Morgan fingerprint density at radius 1 is 1.45 bits per heavy atom. The topological polar surface area (TPSA) is 64.4 Å². The molecule has 5 nitrogen and oxygen atoms in total. The van der Waals surface area contributed by atoms with Gasteiger partial charge in [-0.2, -0.15) is 0 Å². The number of rotatable bonds is 4. The van der Waals surface area contributed by atoms with Crippen LogP contribution in [0.2, 0.25) is 0 Å². The number of ether oxygens (including phenoxy) is 1. The molecule has 3 rings (SSSR count). The largest absolute Gasteiger partial charge is 0.378 e. The molecule has 1 heterocycles. The summed E-state index contributed by atoms with van der Waals surface area (Å²) in [5.74, 6) is 0.331. The number of amides is 1. The summed E-state index contributed by atoms with van der Waals surface area (Å²) in [6.07, 6.45) is 4.49. The summed E-state index contributed by atoms with van der Waals surface area (Å²) in [7, 11) is 1.73. The Hall–Kier alpha value is -1.36. The van der Waals surface area contributed by atoms with E-state index in [2.05, 4.69) is 31.2 Å². The molecular formula is C15H22N2O3. The molecule has 2 unspecified atom stereocenters. The first kappa shape index (κ1) is 13.6. The summed E-state index contributed by atoms with van der Waals surface area (Å²) >= 11 is 0. The van der Waals surface area contributed by atoms with E-state index in [1.54, 1.807) is 7.11 Å². The molecule has 0 bridgehead atoms. The second-order valence-electron chi connectivity index (χ2n) is 6.77. The van der Waals surface area contributed by atoms with Crippen molar-refractivity contribution in [1.82, 2.24) is 10.5 Å². The predicted octanol–water partition coefficient (Wildman–Crippen LogP) is 2.49. The minimum absolute atomic E-state index is 0.0793. The number of carbonyl (C=O) groups excluding carboxylic acids is 1. The van der Waals surface area contributed by atoms with Crippen molar-refractivity contribution in [2.45, 2.75) is 57.6 Å². The summed E-state index contributed by atoms with van der Waals surface area (Å²) in [6, 6.07) is 0.113. The van der Waals surface area contributed by atoms with E-state index < -0.39 is 0 Å². The van der Waals surface area contributed by atoms with Crippen molar-refractivity contribution < 1.29 is 14.1 Å². The van der Waals surface area contributed by atoms with Crippen LogP contribution in [0, 0.1) is 5.41 Å². The van der Waals surface area contributed by atoms with Gasteiger partial charge in [-0.05, 0) is 26.2 Å². The fourth-order valence-electron chi connectivity index (χ4n) is 3.03. The number of aromatic nitrogens is 1. The highest BCUT2D eigenvalue weighted by molar-refractivity contribution is 5.95. The molecule has 0 radical (unpaired) electrons. The van der Waals surface area contributed by atoms with Crippen LogP contribution in [0.25, 0.3) is 0 Å². The molecule has 1 aromatic heterocycles. The average molecular weight is 278 g/mol. The van der Waals surface area contributed by atoms with E-state index >= 15 is 0 Å². The van der Waals surface area contributed by atoms with Crippen LogP contribution in [0.4, 0.5) is 0 Å². The Balaban J connectivity index is 1.70. The van der Waals surface area contributed by atoms with Gasteiger partial charge >= 0.3 is 0 Å². The molecule has 1 amide bonds. The molecule has 0 saturated heterocycles. The van der Waals surface area contributed by atoms with Crippen LogP contribution in [0.5, 0.6) is 0 Å². The van der Waals surface area contributed by atoms with Gasteiger partial charge < -0.3 is 14.6 Å². The number of methoxy groups -OCH3 is 1. The van der Waals surface area contributed by atoms with Crippen LogP contribution in [0.15, 0.2) is 10.8 Å². The monoisotopic (exact) mass is 278 g/mol. The molecule has 2 saturated carbocycles. The first-order valence-electron chi connectivity index (χ1n) is 7.19. The molecule has 1 N–H and O–H groups in total. The Morgan fingerprint density at radius 2 is 2.15 bits per heavy atom. The third kappa shape index (κ3) is 1.87. The maximum absolute atomic E-state index is 12.4. The summed E-state index contributed by atoms with van der Waals surface area (Å²) in [4.78, 5) is 12.4. The minimum Gasteiger partial charge on any atom is -0.378 e. The van der Waals surface area contributed by atoms with Gasteiger partial charge in [0, 0.05) is 24.5 Å². The third-order valence-corrected chi connectivity index (χ3v) is 5.39. The lowest BCUT2D eigenvalue weighted by molar-refractivity contribution is -0.177. The Kier molecular flexibility index (Phi) is 2.94. The molecule has 2 aliphatic rings. The smallest absolute Gasteiger partial charge is 0.256 e. The maximum Gasteiger partial charge on any atom is 0.256 e. The van der Waals surface area contributed by atoms with Gasteiger partial charge in [-0.1, -0.05) is 19.0 Å². The quantitative estimate of drug-likeness (QED) is 0.919. The Labute approximate surface area is 119 Å². The SMILES string of the molecule is COC1(C)CC(NC(=O)c2conc2C2CC2)C1(C)C. The summed E-state index contributed by atoms with van der Waals surface area (Å²) in [5.41, 5.74) is 1.14. The van der Waals surface area contributed by atoms with Gasteiger partial charge in [-0.15, -0.1) is 0 Å². The molecule has 5 heteroatoms.